The van der Waals surface area contributed by atoms with E-state index in [1.165, 1.54) is 6.26 Å². The van der Waals surface area contributed by atoms with Crippen molar-refractivity contribution in [3.8, 4) is 5.75 Å². The number of ether oxygens (including phenoxy) is 1. The molecule has 1 atom stereocenters. The molecule has 0 aliphatic rings. The lowest BCUT2D eigenvalue weighted by Crippen LogP contribution is -2.32. The Morgan fingerprint density at radius 3 is 2.30 bits per heavy atom. The van der Waals surface area contributed by atoms with E-state index >= 15 is 0 Å². The Morgan fingerprint density at radius 2 is 1.74 bits per heavy atom. The highest BCUT2D eigenvalue weighted by Crippen LogP contribution is 2.23. The molecule has 0 radical (unpaired) electrons. The van der Waals surface area contributed by atoms with Crippen molar-refractivity contribution in [3.63, 3.8) is 0 Å². The summed E-state index contributed by atoms with van der Waals surface area (Å²) in [6, 6.07) is 10.4. The van der Waals surface area contributed by atoms with Crippen LogP contribution < -0.4 is 10.1 Å². The lowest BCUT2D eigenvalue weighted by Gasteiger charge is -2.18. The third-order valence-electron chi connectivity index (χ3n) is 4.58. The van der Waals surface area contributed by atoms with E-state index in [1.807, 2.05) is 33.8 Å². The maximum Gasteiger partial charge on any atom is 0.258 e. The Hall–Kier alpha value is -2.34. The summed E-state index contributed by atoms with van der Waals surface area (Å²) < 4.78 is 28.9. The van der Waals surface area contributed by atoms with Gasteiger partial charge in [-0.1, -0.05) is 25.1 Å². The second-order valence-electron chi connectivity index (χ2n) is 6.86. The smallest absolute Gasteiger partial charge is 0.258 e. The van der Waals surface area contributed by atoms with E-state index < -0.39 is 9.84 Å². The van der Waals surface area contributed by atoms with Gasteiger partial charge >= 0.3 is 0 Å². The van der Waals surface area contributed by atoms with E-state index in [0.717, 1.165) is 22.3 Å². The van der Waals surface area contributed by atoms with Crippen molar-refractivity contribution in [2.75, 3.05) is 12.9 Å². The molecule has 2 aromatic rings. The first-order valence-corrected chi connectivity index (χ1v) is 10.8. The van der Waals surface area contributed by atoms with Gasteiger partial charge < -0.3 is 10.1 Å². The molecule has 0 aliphatic heterocycles. The van der Waals surface area contributed by atoms with Crippen LogP contribution in [0.5, 0.6) is 5.75 Å². The van der Waals surface area contributed by atoms with Crippen LogP contribution in [-0.4, -0.2) is 27.2 Å². The molecule has 0 saturated heterocycles. The molecular weight excluding hydrogens is 362 g/mol. The number of hydrogen-bond donors (Lipinski definition) is 1. The fourth-order valence-corrected chi connectivity index (χ4v) is 3.53. The molecule has 0 aromatic heterocycles. The predicted octanol–water partition coefficient (Wildman–Crippen LogP) is 3.66. The van der Waals surface area contributed by atoms with Gasteiger partial charge in [-0.2, -0.15) is 0 Å². The van der Waals surface area contributed by atoms with E-state index in [0.29, 0.717) is 12.2 Å². The van der Waals surface area contributed by atoms with Crippen LogP contribution in [0.3, 0.4) is 0 Å². The van der Waals surface area contributed by atoms with E-state index in [9.17, 15) is 13.2 Å². The van der Waals surface area contributed by atoms with Gasteiger partial charge in [-0.15, -0.1) is 0 Å². The maximum atomic E-state index is 12.3. The first-order chi connectivity index (χ1) is 12.6. The lowest BCUT2D eigenvalue weighted by atomic mass is 10.0. The minimum Gasteiger partial charge on any atom is -0.483 e. The summed E-state index contributed by atoms with van der Waals surface area (Å²) in [7, 11) is -3.23. The van der Waals surface area contributed by atoms with Crippen LogP contribution in [0, 0.1) is 20.8 Å². The third kappa shape index (κ3) is 5.57. The first-order valence-electron chi connectivity index (χ1n) is 8.91. The Balaban J connectivity index is 2.03. The monoisotopic (exact) mass is 389 g/mol. The van der Waals surface area contributed by atoms with Crippen molar-refractivity contribution >= 4 is 15.7 Å². The van der Waals surface area contributed by atoms with Gasteiger partial charge in [0.25, 0.3) is 5.91 Å². The quantitative estimate of drug-likeness (QED) is 0.784. The van der Waals surface area contributed by atoms with Gasteiger partial charge in [0.1, 0.15) is 5.75 Å². The van der Waals surface area contributed by atoms with Crippen molar-refractivity contribution in [2.45, 2.75) is 45.1 Å². The highest BCUT2D eigenvalue weighted by molar-refractivity contribution is 7.90. The van der Waals surface area contributed by atoms with Gasteiger partial charge in [0.15, 0.2) is 16.4 Å². The number of benzene rings is 2. The summed E-state index contributed by atoms with van der Waals surface area (Å²) in [6.07, 6.45) is 1.86. The first kappa shape index (κ1) is 21.0. The molecule has 5 nitrogen and oxygen atoms in total. The summed E-state index contributed by atoms with van der Waals surface area (Å²) >= 11 is 0. The molecule has 146 valence electrons. The number of hydrogen-bond acceptors (Lipinski definition) is 4. The zero-order chi connectivity index (χ0) is 20.2. The van der Waals surface area contributed by atoms with Crippen molar-refractivity contribution in [3.05, 3.63) is 58.7 Å². The zero-order valence-corrected chi connectivity index (χ0v) is 17.3. The van der Waals surface area contributed by atoms with Crippen LogP contribution in [-0.2, 0) is 14.6 Å². The SMILES string of the molecule is CC[C@H](NC(=O)COc1cc(C)cc(C)c1C)c1ccc(S(C)(=O)=O)cc1. The molecule has 1 amide bonds. The van der Waals surface area contributed by atoms with E-state index in [4.69, 9.17) is 4.74 Å². The van der Waals surface area contributed by atoms with Gasteiger partial charge in [-0.3, -0.25) is 4.79 Å². The highest BCUT2D eigenvalue weighted by Gasteiger charge is 2.15. The standard InChI is InChI=1S/C21H27NO4S/c1-6-19(17-7-9-18(10-8-17)27(5,24)25)22-21(23)13-26-20-12-14(2)11-15(3)16(20)4/h7-12,19H,6,13H2,1-5H3,(H,22,23)/t19-/m0/s1. The molecule has 0 fully saturated rings. The van der Waals surface area contributed by atoms with E-state index in [1.54, 1.807) is 24.3 Å². The molecule has 1 N–H and O–H groups in total. The van der Waals surface area contributed by atoms with Crippen molar-refractivity contribution in [1.29, 1.82) is 0 Å². The molecular formula is C21H27NO4S. The molecule has 2 rings (SSSR count). The summed E-state index contributed by atoms with van der Waals surface area (Å²) in [5.74, 6) is 0.501. The number of carbonyl (C=O) groups is 1. The molecule has 0 heterocycles. The van der Waals surface area contributed by atoms with Gasteiger partial charge in [-0.25, -0.2) is 8.42 Å². The van der Waals surface area contributed by atoms with Crippen LogP contribution in [0.15, 0.2) is 41.3 Å². The number of aryl methyl sites for hydroxylation is 2. The average molecular weight is 390 g/mol. The Kier molecular flexibility index (Phi) is 6.65. The maximum absolute atomic E-state index is 12.3. The number of sulfone groups is 1. The van der Waals surface area contributed by atoms with Gasteiger partial charge in [0.05, 0.1) is 10.9 Å². The summed E-state index contributed by atoms with van der Waals surface area (Å²) in [4.78, 5) is 12.6. The van der Waals surface area contributed by atoms with Crippen LogP contribution in [0.4, 0.5) is 0 Å². The lowest BCUT2D eigenvalue weighted by molar-refractivity contribution is -0.123. The minimum absolute atomic E-state index is 0.0678. The topological polar surface area (TPSA) is 72.5 Å². The van der Waals surface area contributed by atoms with Crippen molar-refractivity contribution in [2.24, 2.45) is 0 Å². The second-order valence-corrected chi connectivity index (χ2v) is 8.88. The Labute approximate surface area is 161 Å². The summed E-state index contributed by atoms with van der Waals surface area (Å²) in [5.41, 5.74) is 4.10. The second kappa shape index (κ2) is 8.57. The molecule has 0 bridgehead atoms. The summed E-state index contributed by atoms with van der Waals surface area (Å²) in [5, 5.41) is 2.95. The van der Waals surface area contributed by atoms with Crippen molar-refractivity contribution < 1.29 is 17.9 Å². The molecule has 0 saturated carbocycles. The van der Waals surface area contributed by atoms with Crippen LogP contribution >= 0.6 is 0 Å². The zero-order valence-electron chi connectivity index (χ0n) is 16.5. The molecule has 27 heavy (non-hydrogen) atoms. The van der Waals surface area contributed by atoms with Gasteiger partial charge in [0, 0.05) is 6.26 Å². The normalized spacial score (nSPS) is 12.5. The molecule has 0 unspecified atom stereocenters. The highest BCUT2D eigenvalue weighted by atomic mass is 32.2. The largest absolute Gasteiger partial charge is 0.483 e. The van der Waals surface area contributed by atoms with Gasteiger partial charge in [0.2, 0.25) is 0 Å². The Bertz CT molecular complexity index is 918. The predicted molar refractivity (Wildman–Crippen MR) is 107 cm³/mol. The number of amides is 1. The van der Waals surface area contributed by atoms with E-state index in [-0.39, 0.29) is 23.5 Å². The minimum atomic E-state index is -3.23. The number of carbonyl (C=O) groups excluding carboxylic acids is 1. The van der Waals surface area contributed by atoms with Gasteiger partial charge in [-0.05, 0) is 67.6 Å². The molecule has 2 aromatic carbocycles. The number of rotatable bonds is 7. The third-order valence-corrected chi connectivity index (χ3v) is 5.71. The molecule has 0 spiro atoms. The average Bonchev–Trinajstić information content (AvgIpc) is 2.60. The van der Waals surface area contributed by atoms with Crippen LogP contribution in [0.1, 0.15) is 41.6 Å². The van der Waals surface area contributed by atoms with Crippen molar-refractivity contribution in [1.82, 2.24) is 5.32 Å². The number of nitrogens with one attached hydrogen (secondary N) is 1. The molecule has 0 aliphatic carbocycles. The fourth-order valence-electron chi connectivity index (χ4n) is 2.90. The van der Waals surface area contributed by atoms with E-state index in [2.05, 4.69) is 11.4 Å². The van der Waals surface area contributed by atoms with Crippen LogP contribution in [0.2, 0.25) is 0 Å². The van der Waals surface area contributed by atoms with Crippen LogP contribution in [0.25, 0.3) is 0 Å². The molecule has 6 heteroatoms. The fraction of sp³-hybridized carbons (Fsp3) is 0.381. The Morgan fingerprint density at radius 1 is 1.11 bits per heavy atom. The summed E-state index contributed by atoms with van der Waals surface area (Å²) in [6.45, 7) is 7.88.